The SMILES string of the molecule is Cc1ccc(C(C)N2CCCC2C)c(O)c1. The number of rotatable bonds is 2. The average molecular weight is 219 g/mol. The number of aromatic hydroxyl groups is 1. The molecule has 0 bridgehead atoms. The minimum Gasteiger partial charge on any atom is -0.508 e. The van der Waals surface area contributed by atoms with Crippen molar-refractivity contribution < 1.29 is 5.11 Å². The smallest absolute Gasteiger partial charge is 0.120 e. The second-order valence-corrected chi connectivity index (χ2v) is 4.97. The fourth-order valence-corrected chi connectivity index (χ4v) is 2.72. The third kappa shape index (κ3) is 2.07. The molecule has 0 radical (unpaired) electrons. The zero-order valence-corrected chi connectivity index (χ0v) is 10.4. The lowest BCUT2D eigenvalue weighted by molar-refractivity contribution is 0.201. The molecule has 88 valence electrons. The molecule has 0 spiro atoms. The van der Waals surface area contributed by atoms with Crippen LogP contribution in [0.5, 0.6) is 5.75 Å². The maximum Gasteiger partial charge on any atom is 0.120 e. The molecule has 2 rings (SSSR count). The molecular weight excluding hydrogens is 198 g/mol. The first kappa shape index (κ1) is 11.5. The third-order valence-electron chi connectivity index (χ3n) is 3.74. The highest BCUT2D eigenvalue weighted by molar-refractivity contribution is 5.38. The topological polar surface area (TPSA) is 23.5 Å². The van der Waals surface area contributed by atoms with E-state index < -0.39 is 0 Å². The van der Waals surface area contributed by atoms with Gasteiger partial charge >= 0.3 is 0 Å². The van der Waals surface area contributed by atoms with E-state index >= 15 is 0 Å². The summed E-state index contributed by atoms with van der Waals surface area (Å²) < 4.78 is 0. The van der Waals surface area contributed by atoms with Crippen molar-refractivity contribution in [2.24, 2.45) is 0 Å². The molecule has 0 amide bonds. The van der Waals surface area contributed by atoms with Gasteiger partial charge in [0.15, 0.2) is 0 Å². The van der Waals surface area contributed by atoms with Gasteiger partial charge in [0, 0.05) is 17.6 Å². The number of phenolic OH excluding ortho intramolecular Hbond substituents is 1. The van der Waals surface area contributed by atoms with Crippen molar-refractivity contribution in [3.63, 3.8) is 0 Å². The molecule has 1 heterocycles. The highest BCUT2D eigenvalue weighted by Gasteiger charge is 2.26. The number of phenols is 1. The Bertz CT molecular complexity index is 375. The zero-order valence-electron chi connectivity index (χ0n) is 10.4. The number of hydrogen-bond acceptors (Lipinski definition) is 2. The van der Waals surface area contributed by atoms with E-state index in [-0.39, 0.29) is 0 Å². The summed E-state index contributed by atoms with van der Waals surface area (Å²) in [5.41, 5.74) is 2.17. The van der Waals surface area contributed by atoms with Crippen molar-refractivity contribution >= 4 is 0 Å². The van der Waals surface area contributed by atoms with Crippen LogP contribution in [0, 0.1) is 6.92 Å². The highest BCUT2D eigenvalue weighted by atomic mass is 16.3. The average Bonchev–Trinajstić information content (AvgIpc) is 2.63. The predicted octanol–water partition coefficient (Wildman–Crippen LogP) is 3.25. The van der Waals surface area contributed by atoms with E-state index in [0.29, 0.717) is 17.8 Å². The molecule has 1 aliphatic rings. The first-order chi connectivity index (χ1) is 7.59. The lowest BCUT2D eigenvalue weighted by atomic mass is 10.0. The van der Waals surface area contributed by atoms with E-state index in [4.69, 9.17) is 0 Å². The Balaban J connectivity index is 2.23. The van der Waals surface area contributed by atoms with Crippen LogP contribution in [0.4, 0.5) is 0 Å². The van der Waals surface area contributed by atoms with Crippen molar-refractivity contribution in [3.05, 3.63) is 29.3 Å². The molecule has 0 saturated carbocycles. The summed E-state index contributed by atoms with van der Waals surface area (Å²) in [6.45, 7) is 7.61. The van der Waals surface area contributed by atoms with Crippen molar-refractivity contribution in [2.75, 3.05) is 6.54 Å². The van der Waals surface area contributed by atoms with Gasteiger partial charge in [0.05, 0.1) is 0 Å². The van der Waals surface area contributed by atoms with Crippen molar-refractivity contribution in [1.29, 1.82) is 0 Å². The highest BCUT2D eigenvalue weighted by Crippen LogP contribution is 2.33. The molecule has 2 heteroatoms. The summed E-state index contributed by atoms with van der Waals surface area (Å²) in [6, 6.07) is 6.94. The van der Waals surface area contributed by atoms with E-state index in [1.807, 2.05) is 13.0 Å². The molecule has 1 saturated heterocycles. The Kier molecular flexibility index (Phi) is 3.20. The molecule has 1 N–H and O–H groups in total. The monoisotopic (exact) mass is 219 g/mol. The van der Waals surface area contributed by atoms with Gasteiger partial charge < -0.3 is 5.11 Å². The van der Waals surface area contributed by atoms with Gasteiger partial charge in [-0.05, 0) is 51.8 Å². The van der Waals surface area contributed by atoms with Crippen LogP contribution in [-0.2, 0) is 0 Å². The lowest BCUT2D eigenvalue weighted by Gasteiger charge is -2.29. The fourth-order valence-electron chi connectivity index (χ4n) is 2.72. The van der Waals surface area contributed by atoms with E-state index in [1.165, 1.54) is 12.8 Å². The minimum atomic E-state index is 0.318. The maximum atomic E-state index is 9.98. The molecule has 1 aromatic rings. The maximum absolute atomic E-state index is 9.98. The van der Waals surface area contributed by atoms with Crippen LogP contribution >= 0.6 is 0 Å². The number of aryl methyl sites for hydroxylation is 1. The molecule has 1 fully saturated rings. The second-order valence-electron chi connectivity index (χ2n) is 4.97. The van der Waals surface area contributed by atoms with Crippen LogP contribution in [0.25, 0.3) is 0 Å². The molecule has 1 aliphatic heterocycles. The Hall–Kier alpha value is -1.02. The molecular formula is C14H21NO. The van der Waals surface area contributed by atoms with Crippen LogP contribution in [-0.4, -0.2) is 22.6 Å². The van der Waals surface area contributed by atoms with Crippen LogP contribution in [0.2, 0.25) is 0 Å². The van der Waals surface area contributed by atoms with E-state index in [2.05, 4.69) is 30.9 Å². The van der Waals surface area contributed by atoms with Gasteiger partial charge in [0.1, 0.15) is 5.75 Å². The van der Waals surface area contributed by atoms with Crippen molar-refractivity contribution in [1.82, 2.24) is 4.90 Å². The molecule has 2 atom stereocenters. The van der Waals surface area contributed by atoms with Crippen LogP contribution in [0.15, 0.2) is 18.2 Å². The largest absolute Gasteiger partial charge is 0.508 e. The number of benzene rings is 1. The Morgan fingerprint density at radius 2 is 2.19 bits per heavy atom. The van der Waals surface area contributed by atoms with Crippen LogP contribution in [0.3, 0.4) is 0 Å². The van der Waals surface area contributed by atoms with Crippen molar-refractivity contribution in [2.45, 2.75) is 45.7 Å². The quantitative estimate of drug-likeness (QED) is 0.825. The molecule has 0 aliphatic carbocycles. The van der Waals surface area contributed by atoms with E-state index in [0.717, 1.165) is 17.7 Å². The van der Waals surface area contributed by atoms with Gasteiger partial charge in [-0.1, -0.05) is 12.1 Å². The minimum absolute atomic E-state index is 0.318. The Morgan fingerprint density at radius 3 is 2.75 bits per heavy atom. The Labute approximate surface area is 97.9 Å². The molecule has 0 aromatic heterocycles. The van der Waals surface area contributed by atoms with E-state index in [1.54, 1.807) is 0 Å². The predicted molar refractivity (Wildman–Crippen MR) is 66.7 cm³/mol. The Morgan fingerprint density at radius 1 is 1.44 bits per heavy atom. The van der Waals surface area contributed by atoms with Gasteiger partial charge in [-0.3, -0.25) is 4.90 Å². The second kappa shape index (κ2) is 4.46. The number of hydrogen-bond donors (Lipinski definition) is 1. The zero-order chi connectivity index (χ0) is 11.7. The summed E-state index contributed by atoms with van der Waals surface area (Å²) >= 11 is 0. The number of nitrogens with zero attached hydrogens (tertiary/aromatic N) is 1. The first-order valence-corrected chi connectivity index (χ1v) is 6.15. The third-order valence-corrected chi connectivity index (χ3v) is 3.74. The summed E-state index contributed by atoms with van der Waals surface area (Å²) in [5.74, 6) is 0.437. The summed E-state index contributed by atoms with van der Waals surface area (Å²) in [7, 11) is 0. The van der Waals surface area contributed by atoms with Crippen LogP contribution < -0.4 is 0 Å². The summed E-state index contributed by atoms with van der Waals surface area (Å²) in [6.07, 6.45) is 2.55. The van der Waals surface area contributed by atoms with Gasteiger partial charge in [-0.25, -0.2) is 0 Å². The van der Waals surface area contributed by atoms with Gasteiger partial charge in [0.25, 0.3) is 0 Å². The molecule has 1 aromatic carbocycles. The first-order valence-electron chi connectivity index (χ1n) is 6.15. The van der Waals surface area contributed by atoms with Gasteiger partial charge in [-0.15, -0.1) is 0 Å². The summed E-state index contributed by atoms with van der Waals surface area (Å²) in [4.78, 5) is 2.48. The summed E-state index contributed by atoms with van der Waals surface area (Å²) in [5, 5.41) is 9.98. The molecule has 2 nitrogen and oxygen atoms in total. The fraction of sp³-hybridized carbons (Fsp3) is 0.571. The number of likely N-dealkylation sites (tertiary alicyclic amines) is 1. The van der Waals surface area contributed by atoms with Gasteiger partial charge in [-0.2, -0.15) is 0 Å². The standard InChI is InChI=1S/C14H21NO/c1-10-6-7-13(14(16)9-10)12(3)15-8-4-5-11(15)2/h6-7,9,11-12,16H,4-5,8H2,1-3H3. The van der Waals surface area contributed by atoms with E-state index in [9.17, 15) is 5.11 Å². The van der Waals surface area contributed by atoms with Gasteiger partial charge in [0.2, 0.25) is 0 Å². The lowest BCUT2D eigenvalue weighted by Crippen LogP contribution is -2.29. The van der Waals surface area contributed by atoms with Crippen LogP contribution in [0.1, 0.15) is 43.9 Å². The van der Waals surface area contributed by atoms with Crippen molar-refractivity contribution in [3.8, 4) is 5.75 Å². The normalized spacial score (nSPS) is 23.6. The molecule has 16 heavy (non-hydrogen) atoms. The molecule has 2 unspecified atom stereocenters.